The Bertz CT molecular complexity index is 385. The Balaban J connectivity index is -0.000000411. The van der Waals surface area contributed by atoms with Crippen molar-refractivity contribution in [1.29, 1.82) is 0 Å². The average molecular weight is 449 g/mol. The molecule has 0 amide bonds. The number of carboxylic acids is 2. The van der Waals surface area contributed by atoms with Gasteiger partial charge in [0.2, 0.25) is 0 Å². The van der Waals surface area contributed by atoms with E-state index in [9.17, 15) is 19.8 Å². The molecule has 164 valence electrons. The molecule has 14 nitrogen and oxygen atoms in total. The minimum atomic E-state index is -2.31. The predicted octanol–water partition coefficient (Wildman–Crippen LogP) is -9.66. The third kappa shape index (κ3) is 10.8. The minimum absolute atomic E-state index is 0. The van der Waals surface area contributed by atoms with Gasteiger partial charge in [-0.25, -0.2) is 0 Å². The molecule has 15 heteroatoms. The summed E-state index contributed by atoms with van der Waals surface area (Å²) in [6.07, 6.45) is -16.2. The monoisotopic (exact) mass is 448 g/mol. The van der Waals surface area contributed by atoms with Gasteiger partial charge in [0.15, 0.2) is 0 Å². The van der Waals surface area contributed by atoms with E-state index in [-0.39, 0.29) is 16.5 Å². The topological polar surface area (TPSA) is 283 Å². The van der Waals surface area contributed by atoms with E-state index in [2.05, 4.69) is 0 Å². The van der Waals surface area contributed by atoms with Crippen LogP contribution in [0.4, 0.5) is 0 Å². The summed E-state index contributed by atoms with van der Waals surface area (Å²) < 4.78 is 0. The molecule has 0 unspecified atom stereocenters. The van der Waals surface area contributed by atoms with Crippen LogP contribution in [0.2, 0.25) is 0 Å². The molecule has 0 aliphatic carbocycles. The second-order valence-corrected chi connectivity index (χ2v) is 4.99. The van der Waals surface area contributed by atoms with Crippen molar-refractivity contribution in [2.45, 2.75) is 48.8 Å². The summed E-state index contributed by atoms with van der Waals surface area (Å²) >= 11 is 0. The third-order valence-corrected chi connectivity index (χ3v) is 2.99. The Kier molecular flexibility index (Phi) is 17.1. The molecule has 0 aromatic heterocycles. The van der Waals surface area contributed by atoms with E-state index in [1.165, 1.54) is 0 Å². The molecule has 8 atom stereocenters. The fourth-order valence-electron chi connectivity index (χ4n) is 1.32. The normalized spacial score (nSPS) is 19.6. The van der Waals surface area contributed by atoms with E-state index in [0.717, 1.165) is 0 Å². The Morgan fingerprint density at radius 2 is 0.815 bits per heavy atom. The van der Waals surface area contributed by atoms with Crippen LogP contribution in [0.25, 0.3) is 0 Å². The summed E-state index contributed by atoms with van der Waals surface area (Å²) in [5.41, 5.74) is 0. The molecular weight excluding hydrogens is 427 g/mol. The van der Waals surface area contributed by atoms with Gasteiger partial charge in [0.1, 0.15) is 48.8 Å². The summed E-state index contributed by atoms with van der Waals surface area (Å²) in [7, 11) is 0. The Labute approximate surface area is 162 Å². The van der Waals surface area contributed by atoms with Gasteiger partial charge in [0.25, 0.3) is 0 Å². The van der Waals surface area contributed by atoms with Crippen LogP contribution < -0.4 is 10.2 Å². The van der Waals surface area contributed by atoms with E-state index in [1.807, 2.05) is 0 Å². The van der Waals surface area contributed by atoms with Crippen molar-refractivity contribution in [3.8, 4) is 0 Å². The van der Waals surface area contributed by atoms with Gasteiger partial charge in [0, 0.05) is 0 Å². The van der Waals surface area contributed by atoms with Crippen LogP contribution in [0.3, 0.4) is 0 Å². The molecule has 0 fully saturated rings. The number of aliphatic carboxylic acids is 2. The second kappa shape index (κ2) is 15.0. The molecule has 0 saturated carbocycles. The van der Waals surface area contributed by atoms with Gasteiger partial charge < -0.3 is 70.9 Å². The molecule has 0 heterocycles. The maximum absolute atomic E-state index is 9.98. The van der Waals surface area contributed by atoms with Gasteiger partial charge in [-0.3, -0.25) is 0 Å². The second-order valence-electron chi connectivity index (χ2n) is 4.99. The summed E-state index contributed by atoms with van der Waals surface area (Å²) in [5, 5.41) is 107. The minimum Gasteiger partial charge on any atom is -0.547 e. The van der Waals surface area contributed by atoms with E-state index in [1.54, 1.807) is 0 Å². The van der Waals surface area contributed by atoms with E-state index in [0.29, 0.717) is 0 Å². The number of aliphatic hydroxyl groups excluding tert-OH is 10. The molecular formula is C12H22NiO14. The fraction of sp³-hybridized carbons (Fsp3) is 0.833. The van der Waals surface area contributed by atoms with E-state index < -0.39 is 74.0 Å². The number of carbonyl (C=O) groups is 2. The Hall–Kier alpha value is -0.966. The van der Waals surface area contributed by atoms with Gasteiger partial charge in [-0.1, -0.05) is 0 Å². The van der Waals surface area contributed by atoms with Gasteiger partial charge in [-0.05, 0) is 0 Å². The Morgan fingerprint density at radius 1 is 0.593 bits per heavy atom. The van der Waals surface area contributed by atoms with Crippen molar-refractivity contribution >= 4 is 11.9 Å². The van der Waals surface area contributed by atoms with E-state index >= 15 is 0 Å². The molecule has 0 bridgehead atoms. The summed E-state index contributed by atoms with van der Waals surface area (Å²) in [5.74, 6) is -3.95. The number of hydrogen-bond donors (Lipinski definition) is 10. The number of hydrogen-bond acceptors (Lipinski definition) is 14. The molecule has 0 aromatic carbocycles. The molecule has 0 aliphatic rings. The van der Waals surface area contributed by atoms with Crippen LogP contribution >= 0.6 is 0 Å². The Morgan fingerprint density at radius 3 is 0.963 bits per heavy atom. The van der Waals surface area contributed by atoms with Crippen molar-refractivity contribution in [3.63, 3.8) is 0 Å². The fourth-order valence-corrected chi connectivity index (χ4v) is 1.32. The summed E-state index contributed by atoms with van der Waals surface area (Å²) in [6.45, 7) is -1.73. The first-order valence-corrected chi connectivity index (χ1v) is 6.91. The molecule has 0 aromatic rings. The quantitative estimate of drug-likeness (QED) is 0.139. The zero-order valence-electron chi connectivity index (χ0n) is 13.5. The zero-order valence-corrected chi connectivity index (χ0v) is 14.4. The number of rotatable bonds is 10. The van der Waals surface area contributed by atoms with Gasteiger partial charge in [-0.2, -0.15) is 0 Å². The van der Waals surface area contributed by atoms with Crippen molar-refractivity contribution < 1.29 is 87.4 Å². The molecule has 10 N–H and O–H groups in total. The maximum atomic E-state index is 9.98. The van der Waals surface area contributed by atoms with Crippen LogP contribution in [0.5, 0.6) is 0 Å². The SMILES string of the molecule is O=C([O-])[C@H](O)[C@H](O)[C@H](O)[C@@H](O)CO.O=C([O-])[C@H](O)[C@H](O)[C@H](O)[C@@H](O)CO.[Ni+2]. The van der Waals surface area contributed by atoms with Crippen LogP contribution in [-0.4, -0.2) is 125 Å². The largest absolute Gasteiger partial charge is 2.00 e. The maximum Gasteiger partial charge on any atom is 2.00 e. The molecule has 0 saturated heterocycles. The number of carbonyl (C=O) groups excluding carboxylic acids is 2. The molecule has 0 spiro atoms. The van der Waals surface area contributed by atoms with Crippen LogP contribution in [-0.2, 0) is 26.1 Å². The van der Waals surface area contributed by atoms with E-state index in [4.69, 9.17) is 51.1 Å². The smallest absolute Gasteiger partial charge is 0.547 e. The predicted molar refractivity (Wildman–Crippen MR) is 72.2 cm³/mol. The van der Waals surface area contributed by atoms with Crippen LogP contribution in [0, 0.1) is 0 Å². The van der Waals surface area contributed by atoms with Crippen LogP contribution in [0.15, 0.2) is 0 Å². The van der Waals surface area contributed by atoms with Crippen molar-refractivity contribution in [2.75, 3.05) is 13.2 Å². The first-order chi connectivity index (χ1) is 11.8. The first kappa shape index (κ1) is 30.8. The third-order valence-electron chi connectivity index (χ3n) is 2.99. The molecule has 0 radical (unpaired) electrons. The molecule has 27 heavy (non-hydrogen) atoms. The molecule has 0 rings (SSSR count). The van der Waals surface area contributed by atoms with Crippen molar-refractivity contribution in [3.05, 3.63) is 0 Å². The van der Waals surface area contributed by atoms with Gasteiger partial charge >= 0.3 is 16.5 Å². The summed E-state index contributed by atoms with van der Waals surface area (Å²) in [4.78, 5) is 20.0. The standard InChI is InChI=1S/2C6H12O7.Ni/c2*7-1-2(8)3(9)4(10)5(11)6(12)13;/h2*2-5,7-11H,1H2,(H,12,13);/q;;+2/p-2/t2*2-,3+,4+,5+;/m00./s1. The summed E-state index contributed by atoms with van der Waals surface area (Å²) in [6, 6.07) is 0. The average Bonchev–Trinajstić information content (AvgIpc) is 2.62. The zero-order chi connectivity index (χ0) is 21.2. The van der Waals surface area contributed by atoms with Crippen molar-refractivity contribution in [2.24, 2.45) is 0 Å². The van der Waals surface area contributed by atoms with Gasteiger partial charge in [-0.15, -0.1) is 0 Å². The number of aliphatic hydroxyl groups is 10. The first-order valence-electron chi connectivity index (χ1n) is 6.91. The van der Waals surface area contributed by atoms with Crippen LogP contribution in [0.1, 0.15) is 0 Å². The molecule has 0 aliphatic heterocycles. The van der Waals surface area contributed by atoms with Crippen molar-refractivity contribution in [1.82, 2.24) is 0 Å². The number of carboxylic acid groups (broad SMARTS) is 2. The van der Waals surface area contributed by atoms with Gasteiger partial charge in [0.05, 0.1) is 25.2 Å².